The van der Waals surface area contributed by atoms with Gasteiger partial charge < -0.3 is 0 Å². The van der Waals surface area contributed by atoms with E-state index in [0.29, 0.717) is 5.92 Å². The van der Waals surface area contributed by atoms with Crippen molar-refractivity contribution in [2.24, 2.45) is 13.8 Å². The molecule has 0 spiro atoms. The van der Waals surface area contributed by atoms with Gasteiger partial charge in [-0.3, -0.25) is 0 Å². The number of nitrogens with zero attached hydrogens (tertiary/aromatic N) is 5. The zero-order valence-electron chi connectivity index (χ0n) is 18.8. The van der Waals surface area contributed by atoms with E-state index in [-0.39, 0.29) is 25.4 Å². The normalized spacial score (nSPS) is 15.1. The predicted octanol–water partition coefficient (Wildman–Crippen LogP) is 6.59. The van der Waals surface area contributed by atoms with Crippen LogP contribution in [0, 0.1) is 5.92 Å². The Hall–Kier alpha value is -1.26. The van der Waals surface area contributed by atoms with Gasteiger partial charge in [0.2, 0.25) is 0 Å². The van der Waals surface area contributed by atoms with Crippen molar-refractivity contribution in [1.29, 1.82) is 0 Å². The maximum absolute atomic E-state index is 5.04. The molecule has 5 nitrogen and oxygen atoms in total. The number of fused-ring (bicyclic) bond motifs is 2. The molecule has 1 atom stereocenters. The Morgan fingerprint density at radius 1 is 0.857 bits per heavy atom. The third-order valence-electron chi connectivity index (χ3n) is 5.56. The van der Waals surface area contributed by atoms with E-state index in [1.165, 1.54) is 36.8 Å². The van der Waals surface area contributed by atoms with E-state index in [4.69, 9.17) is 18.1 Å². The second-order valence-electron chi connectivity index (χ2n) is 10.1. The summed E-state index contributed by atoms with van der Waals surface area (Å²) in [5.74, 6) is 0.627. The Balaban J connectivity index is 2.22. The van der Waals surface area contributed by atoms with Gasteiger partial charge in [0, 0.05) is 0 Å². The molecule has 0 N–H and O–H groups in total. The number of hydrogen-bond donors (Lipinski definition) is 0. The molecule has 0 aliphatic carbocycles. The maximum atomic E-state index is 5.04. The first kappa shape index (κ1) is 21.4. The van der Waals surface area contributed by atoms with Gasteiger partial charge in [-0.25, -0.2) is 0 Å². The number of aromatic nitrogens is 3. The van der Waals surface area contributed by atoms with E-state index >= 15 is 0 Å². The average molecular weight is 449 g/mol. The minimum atomic E-state index is -0.0649. The van der Waals surface area contributed by atoms with Crippen LogP contribution >= 0.6 is 0 Å². The molecule has 154 valence electrons. The monoisotopic (exact) mass is 449 g/mol. The second-order valence-corrected chi connectivity index (χ2v) is 11.2. The van der Waals surface area contributed by atoms with Crippen molar-refractivity contribution < 1.29 is 0 Å². The van der Waals surface area contributed by atoms with Crippen molar-refractivity contribution in [2.45, 2.75) is 98.4 Å². The summed E-state index contributed by atoms with van der Waals surface area (Å²) in [4.78, 5) is 1.96. The van der Waals surface area contributed by atoms with Crippen molar-refractivity contribution >= 4 is 37.0 Å². The van der Waals surface area contributed by atoms with E-state index in [9.17, 15) is 0 Å². The second kappa shape index (κ2) is 7.87. The fourth-order valence-electron chi connectivity index (χ4n) is 4.08. The predicted molar refractivity (Wildman–Crippen MR) is 118 cm³/mol. The zero-order chi connectivity index (χ0) is 20.7. The third-order valence-corrected chi connectivity index (χ3v) is 6.66. The molecule has 28 heavy (non-hydrogen) atoms. The van der Waals surface area contributed by atoms with Gasteiger partial charge in [-0.1, -0.05) is 0 Å². The van der Waals surface area contributed by atoms with Gasteiger partial charge in [-0.2, -0.15) is 0 Å². The number of hydrogen-bond acceptors (Lipinski definition) is 4. The van der Waals surface area contributed by atoms with Crippen molar-refractivity contribution in [1.82, 2.24) is 15.0 Å². The molecule has 2 heterocycles. The summed E-state index contributed by atoms with van der Waals surface area (Å²) >= 11 is -0.0649. The fourth-order valence-corrected chi connectivity index (χ4v) is 5.25. The molecule has 0 saturated carbocycles. The van der Waals surface area contributed by atoms with Crippen LogP contribution < -0.4 is 0 Å². The molecule has 0 bridgehead atoms. The summed E-state index contributed by atoms with van der Waals surface area (Å²) in [5, 5.41) is 10.1. The zero-order valence-corrected chi connectivity index (χ0v) is 20.5. The molecular formula is C22H35N5Se. The summed E-state index contributed by atoms with van der Waals surface area (Å²) in [7, 11) is 0. The molecular weight excluding hydrogens is 413 g/mol. The molecule has 0 fully saturated rings. The molecule has 1 aliphatic heterocycles. The van der Waals surface area contributed by atoms with Crippen LogP contribution in [0.3, 0.4) is 0 Å². The molecule has 1 aromatic heterocycles. The Morgan fingerprint density at radius 3 is 1.75 bits per heavy atom. The molecule has 2 aromatic rings. The third kappa shape index (κ3) is 4.04. The fraction of sp³-hybridized carbons (Fsp3) is 0.727. The van der Waals surface area contributed by atoms with Gasteiger partial charge in [0.05, 0.1) is 0 Å². The van der Waals surface area contributed by atoms with Crippen LogP contribution in [-0.4, -0.2) is 29.6 Å². The first-order valence-electron chi connectivity index (χ1n) is 10.6. The van der Waals surface area contributed by atoms with E-state index in [1.807, 2.05) is 4.80 Å². The summed E-state index contributed by atoms with van der Waals surface area (Å²) in [6.07, 6.45) is 4.92. The SMILES string of the molecule is CCCCC(CC)Cn1nc2c(C(C)(C)C)c3c(c(C(C)(C)C)c2n1)N=[Se]=N3. The Bertz CT molecular complexity index is 874. The quantitative estimate of drug-likeness (QED) is 0.400. The number of benzene rings is 1. The van der Waals surface area contributed by atoms with Crippen LogP contribution in [0.1, 0.15) is 92.2 Å². The Kier molecular flexibility index (Phi) is 6.03. The molecule has 1 unspecified atom stereocenters. The van der Waals surface area contributed by atoms with Crippen LogP contribution in [0.15, 0.2) is 7.92 Å². The van der Waals surface area contributed by atoms with Gasteiger partial charge in [-0.05, 0) is 0 Å². The standard InChI is InChI=1S/C22H35N5Se/c1-9-11-12-14(10-2)13-27-23-17-15(21(3,4)5)19-20(26-28-25-19)16(18(17)24-27)22(6,7)8/h14H,9-13H2,1-8H3. The summed E-state index contributed by atoms with van der Waals surface area (Å²) in [6.45, 7) is 18.9. The van der Waals surface area contributed by atoms with Crippen LogP contribution in [0.4, 0.5) is 11.4 Å². The van der Waals surface area contributed by atoms with Crippen LogP contribution in [-0.2, 0) is 17.4 Å². The molecule has 3 rings (SSSR count). The average Bonchev–Trinajstić information content (AvgIpc) is 3.19. The topological polar surface area (TPSA) is 55.4 Å². The van der Waals surface area contributed by atoms with Crippen molar-refractivity contribution in [2.75, 3.05) is 0 Å². The first-order valence-corrected chi connectivity index (χ1v) is 12.1. The van der Waals surface area contributed by atoms with Crippen LogP contribution in [0.2, 0.25) is 0 Å². The van der Waals surface area contributed by atoms with Crippen molar-refractivity contribution in [3.05, 3.63) is 11.1 Å². The van der Waals surface area contributed by atoms with E-state index in [0.717, 1.165) is 29.0 Å². The summed E-state index contributed by atoms with van der Waals surface area (Å²) < 4.78 is 9.67. The molecule has 1 aromatic carbocycles. The Labute approximate surface area is 175 Å². The van der Waals surface area contributed by atoms with Gasteiger partial charge in [0.25, 0.3) is 0 Å². The molecule has 0 amide bonds. The summed E-state index contributed by atoms with van der Waals surface area (Å²) in [5.41, 5.74) is 6.50. The van der Waals surface area contributed by atoms with Gasteiger partial charge in [-0.15, -0.1) is 0 Å². The van der Waals surface area contributed by atoms with Crippen molar-refractivity contribution in [3.8, 4) is 0 Å². The molecule has 0 saturated heterocycles. The van der Waals surface area contributed by atoms with Gasteiger partial charge in [0.15, 0.2) is 0 Å². The molecule has 0 radical (unpaired) electrons. The van der Waals surface area contributed by atoms with E-state index < -0.39 is 0 Å². The first-order chi connectivity index (χ1) is 13.1. The van der Waals surface area contributed by atoms with Crippen molar-refractivity contribution in [3.63, 3.8) is 0 Å². The molecule has 6 heteroatoms. The minimum absolute atomic E-state index is 0.0502. The van der Waals surface area contributed by atoms with Gasteiger partial charge >= 0.3 is 175 Å². The molecule has 1 aliphatic rings. The van der Waals surface area contributed by atoms with Crippen LogP contribution in [0.25, 0.3) is 11.0 Å². The van der Waals surface area contributed by atoms with E-state index in [1.54, 1.807) is 0 Å². The van der Waals surface area contributed by atoms with Gasteiger partial charge in [0.1, 0.15) is 0 Å². The number of unbranched alkanes of at least 4 members (excludes halogenated alkanes) is 1. The van der Waals surface area contributed by atoms with Crippen LogP contribution in [0.5, 0.6) is 0 Å². The van der Waals surface area contributed by atoms with E-state index in [2.05, 4.69) is 55.4 Å². The number of rotatable bonds is 6. The Morgan fingerprint density at radius 2 is 1.36 bits per heavy atom. The summed E-state index contributed by atoms with van der Waals surface area (Å²) in [6, 6.07) is 0.